The van der Waals surface area contributed by atoms with Crippen molar-refractivity contribution in [2.24, 2.45) is 0 Å². The zero-order valence-corrected chi connectivity index (χ0v) is 17.7. The highest BCUT2D eigenvalue weighted by Crippen LogP contribution is 2.21. The van der Waals surface area contributed by atoms with E-state index in [0.29, 0.717) is 48.7 Å². The number of carbonyl (C=O) groups is 2. The summed E-state index contributed by atoms with van der Waals surface area (Å²) in [5.41, 5.74) is 3.87. The largest absolute Gasteiger partial charge is 0.339 e. The van der Waals surface area contributed by atoms with E-state index >= 15 is 0 Å². The van der Waals surface area contributed by atoms with Crippen LogP contribution in [0.25, 0.3) is 11.4 Å². The number of pyridine rings is 2. The van der Waals surface area contributed by atoms with Crippen LogP contribution in [0.3, 0.4) is 0 Å². The van der Waals surface area contributed by atoms with Crippen LogP contribution in [-0.4, -0.2) is 57.8 Å². The molecule has 0 saturated heterocycles. The number of aromatic nitrogens is 2. The standard InChI is InChI=1S/C22H30N4O2/c1-7-25(8-2)21(27)17-11-15(5)23-19(13-17)20-14-18(12-16(6)24-20)22(28)26(9-3)10-4/h11-14H,7-10H2,1-6H3. The van der Waals surface area contributed by atoms with Crippen LogP contribution in [0.4, 0.5) is 0 Å². The zero-order valence-electron chi connectivity index (χ0n) is 17.7. The highest BCUT2D eigenvalue weighted by molar-refractivity contribution is 5.96. The van der Waals surface area contributed by atoms with Crippen LogP contribution >= 0.6 is 0 Å². The highest BCUT2D eigenvalue weighted by atomic mass is 16.2. The highest BCUT2D eigenvalue weighted by Gasteiger charge is 2.18. The molecular weight excluding hydrogens is 352 g/mol. The van der Waals surface area contributed by atoms with Crippen LogP contribution < -0.4 is 0 Å². The molecule has 0 atom stereocenters. The van der Waals surface area contributed by atoms with Crippen molar-refractivity contribution in [3.63, 3.8) is 0 Å². The van der Waals surface area contributed by atoms with Gasteiger partial charge in [0.05, 0.1) is 11.4 Å². The number of amides is 2. The second kappa shape index (κ2) is 9.44. The molecule has 0 saturated carbocycles. The Morgan fingerprint density at radius 1 is 0.679 bits per heavy atom. The molecule has 0 aliphatic heterocycles. The van der Waals surface area contributed by atoms with Gasteiger partial charge in [-0.05, 0) is 65.8 Å². The molecule has 28 heavy (non-hydrogen) atoms. The average Bonchev–Trinajstić information content (AvgIpc) is 2.68. The van der Waals surface area contributed by atoms with Gasteiger partial charge < -0.3 is 9.80 Å². The maximum atomic E-state index is 12.8. The summed E-state index contributed by atoms with van der Waals surface area (Å²) in [5, 5.41) is 0. The minimum atomic E-state index is -0.0242. The summed E-state index contributed by atoms with van der Waals surface area (Å²) in [6.07, 6.45) is 0. The topological polar surface area (TPSA) is 66.4 Å². The smallest absolute Gasteiger partial charge is 0.253 e. The first-order valence-corrected chi connectivity index (χ1v) is 9.90. The first kappa shape index (κ1) is 21.5. The molecule has 0 radical (unpaired) electrons. The summed E-state index contributed by atoms with van der Waals surface area (Å²) in [5.74, 6) is -0.0484. The van der Waals surface area contributed by atoms with Gasteiger partial charge in [0.2, 0.25) is 0 Å². The fourth-order valence-electron chi connectivity index (χ4n) is 3.23. The zero-order chi connectivity index (χ0) is 20.8. The van der Waals surface area contributed by atoms with Gasteiger partial charge in [0, 0.05) is 48.7 Å². The molecule has 0 bridgehead atoms. The molecule has 2 aromatic heterocycles. The van der Waals surface area contributed by atoms with Crippen molar-refractivity contribution in [2.45, 2.75) is 41.5 Å². The van der Waals surface area contributed by atoms with Crippen molar-refractivity contribution in [2.75, 3.05) is 26.2 Å². The summed E-state index contributed by atoms with van der Waals surface area (Å²) in [7, 11) is 0. The van der Waals surface area contributed by atoms with Crippen LogP contribution in [0.1, 0.15) is 59.8 Å². The number of carbonyl (C=O) groups excluding carboxylic acids is 2. The molecule has 2 amide bonds. The predicted octanol–water partition coefficient (Wildman–Crippen LogP) is 3.72. The molecule has 150 valence electrons. The molecule has 2 heterocycles. The number of rotatable bonds is 7. The van der Waals surface area contributed by atoms with E-state index in [4.69, 9.17) is 0 Å². The fourth-order valence-corrected chi connectivity index (χ4v) is 3.23. The van der Waals surface area contributed by atoms with Crippen LogP contribution in [0.15, 0.2) is 24.3 Å². The summed E-state index contributed by atoms with van der Waals surface area (Å²) in [6.45, 7) is 14.2. The second-order valence-electron chi connectivity index (χ2n) is 6.72. The Hall–Kier alpha value is -2.76. The van der Waals surface area contributed by atoms with Crippen molar-refractivity contribution in [1.82, 2.24) is 19.8 Å². The third kappa shape index (κ3) is 4.74. The SMILES string of the molecule is CCN(CC)C(=O)c1cc(C)nc(-c2cc(C(=O)N(CC)CC)cc(C)n2)c1. The Labute approximate surface area is 167 Å². The van der Waals surface area contributed by atoms with Gasteiger partial charge in [0.25, 0.3) is 11.8 Å². The lowest BCUT2D eigenvalue weighted by Gasteiger charge is -2.20. The van der Waals surface area contributed by atoms with E-state index in [0.717, 1.165) is 11.4 Å². The van der Waals surface area contributed by atoms with E-state index in [9.17, 15) is 9.59 Å². The Balaban J connectivity index is 2.50. The van der Waals surface area contributed by atoms with Gasteiger partial charge in [0.15, 0.2) is 0 Å². The Kier molecular flexibility index (Phi) is 7.26. The molecule has 2 rings (SSSR count). The minimum Gasteiger partial charge on any atom is -0.339 e. The maximum absolute atomic E-state index is 12.8. The molecule has 6 nitrogen and oxygen atoms in total. The average molecular weight is 383 g/mol. The molecule has 0 unspecified atom stereocenters. The van der Waals surface area contributed by atoms with Gasteiger partial charge in [0.1, 0.15) is 0 Å². The molecular formula is C22H30N4O2. The monoisotopic (exact) mass is 382 g/mol. The molecule has 0 aromatic carbocycles. The van der Waals surface area contributed by atoms with Gasteiger partial charge in [-0.3, -0.25) is 19.6 Å². The van der Waals surface area contributed by atoms with E-state index in [2.05, 4.69) is 9.97 Å². The normalized spacial score (nSPS) is 10.6. The van der Waals surface area contributed by atoms with Gasteiger partial charge in [-0.15, -0.1) is 0 Å². The van der Waals surface area contributed by atoms with Crippen molar-refractivity contribution in [1.29, 1.82) is 0 Å². The fraction of sp³-hybridized carbons (Fsp3) is 0.455. The summed E-state index contributed by atoms with van der Waals surface area (Å²) >= 11 is 0. The van der Waals surface area contributed by atoms with Gasteiger partial charge >= 0.3 is 0 Å². The van der Waals surface area contributed by atoms with Crippen LogP contribution in [-0.2, 0) is 0 Å². The summed E-state index contributed by atoms with van der Waals surface area (Å²) in [6, 6.07) is 7.12. The lowest BCUT2D eigenvalue weighted by Crippen LogP contribution is -2.30. The first-order valence-electron chi connectivity index (χ1n) is 9.90. The molecule has 2 aromatic rings. The molecule has 0 N–H and O–H groups in total. The molecule has 6 heteroatoms. The minimum absolute atomic E-state index is 0.0242. The molecule has 0 fully saturated rings. The Morgan fingerprint density at radius 2 is 1.00 bits per heavy atom. The lowest BCUT2D eigenvalue weighted by atomic mass is 10.1. The van der Waals surface area contributed by atoms with Crippen molar-refractivity contribution in [3.8, 4) is 11.4 Å². The summed E-state index contributed by atoms with van der Waals surface area (Å²) < 4.78 is 0. The quantitative estimate of drug-likeness (QED) is 0.732. The van der Waals surface area contributed by atoms with Crippen molar-refractivity contribution < 1.29 is 9.59 Å². The van der Waals surface area contributed by atoms with Gasteiger partial charge in [-0.2, -0.15) is 0 Å². The van der Waals surface area contributed by atoms with Gasteiger partial charge in [-0.25, -0.2) is 0 Å². The molecule has 0 spiro atoms. The van der Waals surface area contributed by atoms with E-state index in [1.807, 2.05) is 41.5 Å². The number of aryl methyl sites for hydroxylation is 2. The number of nitrogens with zero attached hydrogens (tertiary/aromatic N) is 4. The van der Waals surface area contributed by atoms with Crippen LogP contribution in [0.5, 0.6) is 0 Å². The number of hydrogen-bond donors (Lipinski definition) is 0. The summed E-state index contributed by atoms with van der Waals surface area (Å²) in [4.78, 5) is 38.2. The van der Waals surface area contributed by atoms with Crippen molar-refractivity contribution >= 4 is 11.8 Å². The molecule has 0 aliphatic carbocycles. The third-order valence-corrected chi connectivity index (χ3v) is 4.76. The third-order valence-electron chi connectivity index (χ3n) is 4.76. The van der Waals surface area contributed by atoms with Crippen molar-refractivity contribution in [3.05, 3.63) is 46.8 Å². The first-order chi connectivity index (χ1) is 13.3. The molecule has 0 aliphatic rings. The van der Waals surface area contributed by atoms with Gasteiger partial charge in [-0.1, -0.05) is 0 Å². The van der Waals surface area contributed by atoms with E-state index < -0.39 is 0 Å². The Bertz CT molecular complexity index is 784. The maximum Gasteiger partial charge on any atom is 0.253 e. The van der Waals surface area contributed by atoms with Crippen LogP contribution in [0, 0.1) is 13.8 Å². The van der Waals surface area contributed by atoms with Crippen LogP contribution in [0.2, 0.25) is 0 Å². The Morgan fingerprint density at radius 3 is 1.29 bits per heavy atom. The van der Waals surface area contributed by atoms with E-state index in [-0.39, 0.29) is 11.8 Å². The number of hydrogen-bond acceptors (Lipinski definition) is 4. The lowest BCUT2D eigenvalue weighted by molar-refractivity contribution is 0.0764. The predicted molar refractivity (Wildman–Crippen MR) is 111 cm³/mol. The second-order valence-corrected chi connectivity index (χ2v) is 6.72. The van der Waals surface area contributed by atoms with E-state index in [1.54, 1.807) is 34.1 Å². The van der Waals surface area contributed by atoms with E-state index in [1.165, 1.54) is 0 Å².